The van der Waals surface area contributed by atoms with Gasteiger partial charge in [0.15, 0.2) is 11.6 Å². The molecule has 1 atom stereocenters. The first-order chi connectivity index (χ1) is 8.31. The van der Waals surface area contributed by atoms with Crippen molar-refractivity contribution in [3.63, 3.8) is 0 Å². The van der Waals surface area contributed by atoms with Crippen LogP contribution in [0.5, 0.6) is 5.75 Å². The van der Waals surface area contributed by atoms with Crippen molar-refractivity contribution in [3.05, 3.63) is 16.6 Å². The minimum absolute atomic E-state index is 0.174. The number of azide groups is 1. The van der Waals surface area contributed by atoms with Crippen LogP contribution in [0.3, 0.4) is 0 Å². The molecule has 0 N–H and O–H groups in total. The Morgan fingerprint density at radius 1 is 1.59 bits per heavy atom. The number of ether oxygens (including phenoxy) is 1. The monoisotopic (exact) mass is 234 g/mol. The summed E-state index contributed by atoms with van der Waals surface area (Å²) >= 11 is 0. The minimum atomic E-state index is -0.646. The van der Waals surface area contributed by atoms with Gasteiger partial charge in [0.05, 0.1) is 12.7 Å². The molecule has 3 heterocycles. The molecule has 17 heavy (non-hydrogen) atoms. The van der Waals surface area contributed by atoms with Gasteiger partial charge < -0.3 is 4.74 Å². The lowest BCUT2D eigenvalue weighted by Gasteiger charge is -2.27. The van der Waals surface area contributed by atoms with E-state index in [2.05, 4.69) is 15.1 Å². The Kier molecular flexibility index (Phi) is 2.15. The zero-order valence-electron chi connectivity index (χ0n) is 8.98. The molecule has 1 amide bonds. The van der Waals surface area contributed by atoms with Crippen molar-refractivity contribution in [2.24, 2.45) is 5.11 Å². The van der Waals surface area contributed by atoms with E-state index >= 15 is 0 Å². The van der Waals surface area contributed by atoms with E-state index in [9.17, 15) is 4.79 Å². The maximum atomic E-state index is 12.2. The Morgan fingerprint density at radius 2 is 2.47 bits per heavy atom. The molecular weight excluding hydrogens is 224 g/mol. The summed E-state index contributed by atoms with van der Waals surface area (Å²) in [5.41, 5.74) is 8.46. The fraction of sp³-hybridized carbons (Fsp3) is 0.556. The third-order valence-corrected chi connectivity index (χ3v) is 2.96. The number of aryl methyl sites for hydroxylation is 1. The van der Waals surface area contributed by atoms with Crippen molar-refractivity contribution in [1.29, 1.82) is 0 Å². The fourth-order valence-corrected chi connectivity index (χ4v) is 2.18. The lowest BCUT2D eigenvalue weighted by Crippen LogP contribution is -2.42. The highest BCUT2D eigenvalue weighted by Crippen LogP contribution is 2.34. The Balaban J connectivity index is 2.06. The summed E-state index contributed by atoms with van der Waals surface area (Å²) in [5.74, 6) is 1.12. The number of nitrogens with zero attached hydrogens (tertiary/aromatic N) is 6. The van der Waals surface area contributed by atoms with E-state index in [4.69, 9.17) is 10.3 Å². The van der Waals surface area contributed by atoms with Crippen LogP contribution in [0.2, 0.25) is 0 Å². The largest absolute Gasteiger partial charge is 0.486 e. The number of anilines is 1. The van der Waals surface area contributed by atoms with E-state index in [0.29, 0.717) is 37.7 Å². The third-order valence-electron chi connectivity index (χ3n) is 2.96. The van der Waals surface area contributed by atoms with Gasteiger partial charge in [-0.2, -0.15) is 5.10 Å². The fourth-order valence-electron chi connectivity index (χ4n) is 2.18. The molecule has 0 radical (unpaired) electrons. The van der Waals surface area contributed by atoms with E-state index < -0.39 is 6.04 Å². The Hall–Kier alpha value is -2.21. The second-order valence-corrected chi connectivity index (χ2v) is 3.90. The molecule has 1 aromatic rings. The summed E-state index contributed by atoms with van der Waals surface area (Å²) in [6, 6.07) is -0.646. The third kappa shape index (κ3) is 1.42. The molecule has 2 aliphatic rings. The standard InChI is InChI=1S/C9H10N6O2/c10-13-12-6-1-2-15-8-7(5-11-15)17-4-3-14(8)9(6)16/h5-6H,1-4H2. The van der Waals surface area contributed by atoms with Crippen LogP contribution in [0, 0.1) is 0 Å². The highest BCUT2D eigenvalue weighted by atomic mass is 16.5. The van der Waals surface area contributed by atoms with Crippen LogP contribution in [0.25, 0.3) is 10.4 Å². The van der Waals surface area contributed by atoms with Crippen molar-refractivity contribution >= 4 is 11.7 Å². The molecule has 0 saturated carbocycles. The topological polar surface area (TPSA) is 96.1 Å². The average Bonchev–Trinajstić information content (AvgIpc) is 2.71. The highest BCUT2D eigenvalue weighted by Gasteiger charge is 2.35. The summed E-state index contributed by atoms with van der Waals surface area (Å²) in [4.78, 5) is 16.5. The van der Waals surface area contributed by atoms with Crippen LogP contribution < -0.4 is 9.64 Å². The van der Waals surface area contributed by atoms with E-state index in [0.717, 1.165) is 0 Å². The van der Waals surface area contributed by atoms with Crippen LogP contribution in [-0.2, 0) is 11.3 Å². The zero-order valence-corrected chi connectivity index (χ0v) is 8.98. The maximum Gasteiger partial charge on any atom is 0.237 e. The Labute approximate surface area is 96.4 Å². The predicted octanol–water partition coefficient (Wildman–Crippen LogP) is 0.691. The van der Waals surface area contributed by atoms with E-state index in [1.807, 2.05) is 0 Å². The Bertz CT molecular complexity index is 518. The van der Waals surface area contributed by atoms with Gasteiger partial charge in [-0.1, -0.05) is 5.11 Å². The number of carbonyl (C=O) groups is 1. The average molecular weight is 234 g/mol. The molecule has 0 aromatic carbocycles. The van der Waals surface area contributed by atoms with E-state index in [1.54, 1.807) is 15.8 Å². The molecule has 0 fully saturated rings. The smallest absolute Gasteiger partial charge is 0.237 e. The Morgan fingerprint density at radius 3 is 3.29 bits per heavy atom. The van der Waals surface area contributed by atoms with E-state index in [-0.39, 0.29) is 5.91 Å². The number of hydrogen-bond donors (Lipinski definition) is 0. The molecule has 1 aromatic heterocycles. The number of carbonyl (C=O) groups excluding carboxylic acids is 1. The molecule has 0 bridgehead atoms. The molecule has 2 aliphatic heterocycles. The first kappa shape index (κ1) is 9.98. The quantitative estimate of drug-likeness (QED) is 0.406. The van der Waals surface area contributed by atoms with Crippen molar-refractivity contribution in [2.45, 2.75) is 19.0 Å². The molecular formula is C9H10N6O2. The lowest BCUT2D eigenvalue weighted by atomic mass is 10.2. The van der Waals surface area contributed by atoms with Crippen LogP contribution in [0.4, 0.5) is 5.82 Å². The van der Waals surface area contributed by atoms with Gasteiger partial charge in [-0.3, -0.25) is 9.69 Å². The van der Waals surface area contributed by atoms with Gasteiger partial charge in [0, 0.05) is 11.5 Å². The predicted molar refractivity (Wildman–Crippen MR) is 57.6 cm³/mol. The van der Waals surface area contributed by atoms with Crippen molar-refractivity contribution in [1.82, 2.24) is 9.78 Å². The molecule has 0 saturated heterocycles. The maximum absolute atomic E-state index is 12.2. The molecule has 0 spiro atoms. The first-order valence-electron chi connectivity index (χ1n) is 5.35. The lowest BCUT2D eigenvalue weighted by molar-refractivity contribution is -0.120. The van der Waals surface area contributed by atoms with Gasteiger partial charge in [0.1, 0.15) is 12.6 Å². The summed E-state index contributed by atoms with van der Waals surface area (Å²) in [6.45, 7) is 1.45. The molecule has 3 rings (SSSR count). The second-order valence-electron chi connectivity index (χ2n) is 3.90. The molecule has 8 nitrogen and oxygen atoms in total. The van der Waals surface area contributed by atoms with Crippen molar-refractivity contribution in [3.8, 4) is 5.75 Å². The van der Waals surface area contributed by atoms with Gasteiger partial charge >= 0.3 is 0 Å². The van der Waals surface area contributed by atoms with Gasteiger partial charge in [-0.25, -0.2) is 4.68 Å². The van der Waals surface area contributed by atoms with Gasteiger partial charge in [-0.05, 0) is 12.0 Å². The molecule has 8 heteroatoms. The zero-order chi connectivity index (χ0) is 11.8. The summed E-state index contributed by atoms with van der Waals surface area (Å²) in [7, 11) is 0. The highest BCUT2D eigenvalue weighted by molar-refractivity contribution is 5.98. The van der Waals surface area contributed by atoms with Gasteiger partial charge in [0.25, 0.3) is 0 Å². The number of aromatic nitrogens is 2. The first-order valence-corrected chi connectivity index (χ1v) is 5.35. The van der Waals surface area contributed by atoms with Gasteiger partial charge in [-0.15, -0.1) is 0 Å². The number of hydrogen-bond acceptors (Lipinski definition) is 4. The van der Waals surface area contributed by atoms with Crippen molar-refractivity contribution in [2.75, 3.05) is 18.1 Å². The summed E-state index contributed by atoms with van der Waals surface area (Å²) in [6.07, 6.45) is 2.08. The van der Waals surface area contributed by atoms with Gasteiger partial charge in [0.2, 0.25) is 5.91 Å². The van der Waals surface area contributed by atoms with E-state index in [1.165, 1.54) is 0 Å². The normalized spacial score (nSPS) is 22.2. The molecule has 0 aliphatic carbocycles. The SMILES string of the molecule is [N-]=[N+]=NC1CCn2ncc3c2N(CCO3)C1=O. The van der Waals surface area contributed by atoms with Crippen LogP contribution >= 0.6 is 0 Å². The van der Waals surface area contributed by atoms with Crippen LogP contribution in [0.1, 0.15) is 6.42 Å². The van der Waals surface area contributed by atoms with Crippen LogP contribution in [-0.4, -0.2) is 34.9 Å². The van der Waals surface area contributed by atoms with Crippen LogP contribution in [0.15, 0.2) is 11.3 Å². The minimum Gasteiger partial charge on any atom is -0.486 e. The number of amides is 1. The second kappa shape index (κ2) is 3.67. The molecule has 88 valence electrons. The summed E-state index contributed by atoms with van der Waals surface area (Å²) < 4.78 is 7.15. The molecule has 1 unspecified atom stereocenters. The summed E-state index contributed by atoms with van der Waals surface area (Å²) in [5, 5.41) is 7.72. The van der Waals surface area contributed by atoms with Crippen molar-refractivity contribution < 1.29 is 9.53 Å². The number of rotatable bonds is 1.